The van der Waals surface area contributed by atoms with Crippen molar-refractivity contribution in [2.75, 3.05) is 17.8 Å². The Hall–Kier alpha value is -1.71. The number of amides is 1. The highest BCUT2D eigenvalue weighted by Crippen LogP contribution is 2.66. The number of halogens is 1. The van der Waals surface area contributed by atoms with Gasteiger partial charge >= 0.3 is 13.7 Å². The minimum absolute atomic E-state index is 0.0378. The molecule has 3 aliphatic rings. The van der Waals surface area contributed by atoms with Crippen LogP contribution in [0.5, 0.6) is 0 Å². The van der Waals surface area contributed by atoms with Crippen molar-refractivity contribution in [2.45, 2.75) is 70.7 Å². The van der Waals surface area contributed by atoms with E-state index in [9.17, 15) is 29.0 Å². The first-order chi connectivity index (χ1) is 18.9. The number of aliphatic hydroxyl groups excluding tert-OH is 2. The number of hydrogen-bond acceptors (Lipinski definition) is 10. The molecule has 228 valence electrons. The molecule has 6 unspecified atom stereocenters. The van der Waals surface area contributed by atoms with E-state index in [1.165, 1.54) is 10.9 Å². The monoisotopic (exact) mass is 638 g/mol. The first-order valence-electron chi connectivity index (χ1n) is 12.9. The van der Waals surface area contributed by atoms with Gasteiger partial charge in [0.15, 0.2) is 23.2 Å². The summed E-state index contributed by atoms with van der Waals surface area (Å²) >= 11 is 6.13. The van der Waals surface area contributed by atoms with Gasteiger partial charge in [0.25, 0.3) is 7.52 Å². The molecule has 2 bridgehead atoms. The van der Waals surface area contributed by atoms with E-state index in [2.05, 4.69) is 46.1 Å². The van der Waals surface area contributed by atoms with Crippen LogP contribution in [0.4, 0.5) is 10.6 Å². The number of hydrogen-bond donors (Lipinski definition) is 7. The molecule has 8 atom stereocenters. The Balaban J connectivity index is 1.31. The molecule has 2 aliphatic carbocycles. The summed E-state index contributed by atoms with van der Waals surface area (Å²) in [5.74, 6) is -0.891. The molecule has 2 aromatic rings. The molecule has 1 amide bonds. The molecule has 1 aliphatic heterocycles. The lowest BCUT2D eigenvalue weighted by Gasteiger charge is -2.38. The molecular weight excluding hydrogens is 606 g/mol. The van der Waals surface area contributed by atoms with Gasteiger partial charge in [-0.25, -0.2) is 14.9 Å². The van der Waals surface area contributed by atoms with Crippen LogP contribution >= 0.6 is 26.7 Å². The Kier molecular flexibility index (Phi) is 7.85. The second-order valence-corrected chi connectivity index (χ2v) is 16.2. The first kappa shape index (κ1) is 30.7. The van der Waals surface area contributed by atoms with Gasteiger partial charge in [0.05, 0.1) is 6.33 Å². The van der Waals surface area contributed by atoms with Crippen molar-refractivity contribution in [1.29, 1.82) is 0 Å². The molecule has 41 heavy (non-hydrogen) atoms. The molecule has 1 saturated heterocycles. The fourth-order valence-electron chi connectivity index (χ4n) is 6.39. The van der Waals surface area contributed by atoms with Crippen LogP contribution in [0.1, 0.15) is 46.3 Å². The Bertz CT molecular complexity index is 1450. The van der Waals surface area contributed by atoms with Gasteiger partial charge in [0.1, 0.15) is 30.3 Å². The largest absolute Gasteiger partial charge is 0.445 e. The zero-order chi connectivity index (χ0) is 30.1. The van der Waals surface area contributed by atoms with Crippen molar-refractivity contribution in [2.24, 2.45) is 16.7 Å². The molecule has 2 saturated carbocycles. The Morgan fingerprint density at radius 1 is 1.22 bits per heavy atom. The van der Waals surface area contributed by atoms with E-state index in [1.807, 2.05) is 0 Å². The van der Waals surface area contributed by atoms with Crippen LogP contribution in [0.25, 0.3) is 11.2 Å². The number of imidazole rings is 1. The summed E-state index contributed by atoms with van der Waals surface area (Å²) in [4.78, 5) is 53.1. The van der Waals surface area contributed by atoms with Gasteiger partial charge in [-0.3, -0.25) is 19.0 Å². The molecule has 19 heteroatoms. The molecule has 0 aromatic carbocycles. The maximum absolute atomic E-state index is 12.9. The number of carbonyl (C=O) groups excluding carboxylic acids is 1. The van der Waals surface area contributed by atoms with E-state index in [0.29, 0.717) is 5.92 Å². The highest BCUT2D eigenvalue weighted by molar-refractivity contribution is 7.71. The average Bonchev–Trinajstić information content (AvgIpc) is 3.49. The predicted molar refractivity (Wildman–Crippen MR) is 144 cm³/mol. The molecule has 2 aromatic heterocycles. The fourth-order valence-corrected chi connectivity index (χ4v) is 9.41. The number of aliphatic hydroxyl groups is 2. The maximum Gasteiger partial charge on any atom is 0.413 e. The van der Waals surface area contributed by atoms with E-state index in [0.717, 1.165) is 19.3 Å². The fraction of sp³-hybridized carbons (Fsp3) is 0.727. The number of carbonyl (C=O) groups is 1. The number of anilines is 1. The van der Waals surface area contributed by atoms with Crippen LogP contribution in [-0.2, 0) is 18.6 Å². The van der Waals surface area contributed by atoms with Crippen LogP contribution < -0.4 is 10.4 Å². The number of nitrogens with one attached hydrogen (secondary N) is 2. The minimum atomic E-state index is -4.80. The van der Waals surface area contributed by atoms with Crippen molar-refractivity contribution in [1.82, 2.24) is 24.6 Å². The summed E-state index contributed by atoms with van der Waals surface area (Å²) in [6.45, 7) is 6.03. The van der Waals surface area contributed by atoms with Gasteiger partial charge in [0.2, 0.25) is 5.28 Å². The van der Waals surface area contributed by atoms with Gasteiger partial charge in [-0.05, 0) is 42.2 Å². The number of ether oxygens (including phenoxy) is 2. The molecule has 5 rings (SSSR count). The van der Waals surface area contributed by atoms with E-state index in [4.69, 9.17) is 30.9 Å². The zero-order valence-electron chi connectivity index (χ0n) is 22.4. The van der Waals surface area contributed by atoms with Crippen molar-refractivity contribution in [3.05, 3.63) is 11.6 Å². The number of rotatable bonds is 8. The highest BCUT2D eigenvalue weighted by Gasteiger charge is 2.63. The summed E-state index contributed by atoms with van der Waals surface area (Å²) in [5.41, 5.74) is 0.0271. The van der Waals surface area contributed by atoms with Gasteiger partial charge in [0, 0.05) is 12.0 Å². The second-order valence-electron chi connectivity index (χ2n) is 11.7. The van der Waals surface area contributed by atoms with Crippen molar-refractivity contribution in [3.63, 3.8) is 0 Å². The second kappa shape index (κ2) is 10.5. The summed E-state index contributed by atoms with van der Waals surface area (Å²) in [6, 6.07) is 0. The average molecular weight is 639 g/mol. The van der Waals surface area contributed by atoms with Gasteiger partial charge in [-0.1, -0.05) is 20.8 Å². The summed E-state index contributed by atoms with van der Waals surface area (Å²) in [6.07, 6.45) is -2.60. The molecule has 7 N–H and O–H groups in total. The van der Waals surface area contributed by atoms with Crippen LogP contribution in [0.3, 0.4) is 0 Å². The third kappa shape index (κ3) is 5.67. The maximum atomic E-state index is 12.9. The zero-order valence-corrected chi connectivity index (χ0v) is 25.0. The van der Waals surface area contributed by atoms with E-state index in [-0.39, 0.29) is 39.2 Å². The first-order valence-corrected chi connectivity index (χ1v) is 16.9. The molecule has 3 heterocycles. The topological polar surface area (TPSA) is 238 Å². The lowest BCUT2D eigenvalue weighted by molar-refractivity contribution is -0.0331. The normalized spacial score (nSPS) is 34.2. The Morgan fingerprint density at radius 2 is 1.93 bits per heavy atom. The smallest absolute Gasteiger partial charge is 0.413 e. The standard InChI is InChI=1S/C22H33ClN6O10P2/c1-21(2)10-4-5-22(21,3)12(6-10)39-20(32)27-16-13-17(28-19(23)26-16)29(8-24-13)18-15(31)14(30)11(38-18)7-25-40(33,34)9-41(35,36)37/h8,10-12,14-15,18,30-31H,4-7,9H2,1-3H3,(H2,25,33,34)(H2,35,36,37)(H,26,27,28,32)/t10-,11?,12?,14?,15?,18?,22+/m1/s1. The third-order valence-electron chi connectivity index (χ3n) is 9.10. The molecular formula is C22H33ClN6O10P2. The molecule has 0 radical (unpaired) electrons. The summed E-state index contributed by atoms with van der Waals surface area (Å²) in [7, 11) is -9.28. The number of aromatic nitrogens is 4. The van der Waals surface area contributed by atoms with E-state index < -0.39 is 58.2 Å². The molecule has 3 fully saturated rings. The Labute approximate surface area is 239 Å². The van der Waals surface area contributed by atoms with E-state index in [1.54, 1.807) is 0 Å². The lowest BCUT2D eigenvalue weighted by Crippen LogP contribution is -2.39. The quantitative estimate of drug-likeness (QED) is 0.161. The number of fused-ring (bicyclic) bond motifs is 3. The van der Waals surface area contributed by atoms with Gasteiger partial charge < -0.3 is 34.4 Å². The molecule has 16 nitrogen and oxygen atoms in total. The van der Waals surface area contributed by atoms with Crippen molar-refractivity contribution < 1.29 is 48.3 Å². The highest BCUT2D eigenvalue weighted by atomic mass is 35.5. The Morgan fingerprint density at radius 3 is 2.54 bits per heavy atom. The third-order valence-corrected chi connectivity index (χ3v) is 13.0. The van der Waals surface area contributed by atoms with E-state index >= 15 is 0 Å². The van der Waals surface area contributed by atoms with Crippen LogP contribution in [0.2, 0.25) is 5.28 Å². The number of nitrogens with zero attached hydrogens (tertiary/aromatic N) is 4. The molecule has 0 spiro atoms. The van der Waals surface area contributed by atoms with Crippen LogP contribution in [0.15, 0.2) is 6.33 Å². The van der Waals surface area contributed by atoms with Gasteiger partial charge in [-0.2, -0.15) is 9.97 Å². The minimum Gasteiger partial charge on any atom is -0.445 e. The summed E-state index contributed by atoms with van der Waals surface area (Å²) in [5, 5.41) is 25.6. The summed E-state index contributed by atoms with van der Waals surface area (Å²) < 4.78 is 36.0. The lowest BCUT2D eigenvalue weighted by atomic mass is 9.70. The SMILES string of the molecule is CC1(C)[C@@H]2CC[C@@]1(C)C(OC(=O)Nc1nc(Cl)nc3c1ncn3C1OC(CNP(=O)(O)CP(=O)(O)O)C(O)C1O)C2. The van der Waals surface area contributed by atoms with Crippen LogP contribution in [-0.4, -0.2) is 87.4 Å². The van der Waals surface area contributed by atoms with Crippen molar-refractivity contribution in [3.8, 4) is 0 Å². The van der Waals surface area contributed by atoms with Gasteiger partial charge in [-0.15, -0.1) is 0 Å². The van der Waals surface area contributed by atoms with Crippen LogP contribution in [0, 0.1) is 16.7 Å². The predicted octanol–water partition coefficient (Wildman–Crippen LogP) is 1.77. The van der Waals surface area contributed by atoms with Crippen molar-refractivity contribution >= 4 is 49.8 Å².